The van der Waals surface area contributed by atoms with Crippen molar-refractivity contribution in [3.8, 4) is 113 Å². The predicted octanol–water partition coefficient (Wildman–Crippen LogP) is 35.4. The number of unbranched alkanes of at least 4 members (excludes halogenated alkanes) is 20. The van der Waals surface area contributed by atoms with E-state index in [-0.39, 0.29) is 72.7 Å². The third-order valence-electron chi connectivity index (χ3n) is 33.5. The quantitative estimate of drug-likeness (QED) is 0.0276. The van der Waals surface area contributed by atoms with E-state index in [1.807, 2.05) is 12.4 Å². The normalized spacial score (nSPS) is 19.1. The van der Waals surface area contributed by atoms with Crippen LogP contribution in [0.3, 0.4) is 0 Å². The number of pyridine rings is 2. The van der Waals surface area contributed by atoms with Crippen molar-refractivity contribution in [1.82, 2.24) is 39.9 Å². The Kier molecular flexibility index (Phi) is 35.0. The van der Waals surface area contributed by atoms with Crippen molar-refractivity contribution in [2.45, 2.75) is 399 Å². The van der Waals surface area contributed by atoms with Gasteiger partial charge in [-0.1, -0.05) is 388 Å². The molecule has 6 aliphatic carbocycles. The van der Waals surface area contributed by atoms with Crippen LogP contribution in [0.25, 0.3) is 113 Å². The van der Waals surface area contributed by atoms with Crippen LogP contribution in [0.4, 0.5) is 0 Å². The molecule has 6 aliphatic rings. The molecule has 2 atom stereocenters. The molecule has 2 radical (unpaired) electrons. The van der Waals surface area contributed by atoms with Gasteiger partial charge in [0.05, 0.1) is 0 Å². The monoisotopic (exact) mass is 2190 g/mol. The smallest absolute Gasteiger partial charge is 0.165 e. The molecule has 4 fully saturated rings. The zero-order valence-corrected chi connectivity index (χ0v) is 91.2. The van der Waals surface area contributed by atoms with Crippen LogP contribution in [-0.2, 0) is 98.4 Å². The molecule has 0 N–H and O–H groups in total. The molecule has 10 heteroatoms. The van der Waals surface area contributed by atoms with E-state index in [2.05, 4.69) is 279 Å². The van der Waals surface area contributed by atoms with Crippen molar-refractivity contribution < 1.29 is 40.2 Å². The van der Waals surface area contributed by atoms with Gasteiger partial charge in [0.25, 0.3) is 0 Å². The van der Waals surface area contributed by atoms with Gasteiger partial charge >= 0.3 is 0 Å². The second kappa shape index (κ2) is 46.6. The summed E-state index contributed by atoms with van der Waals surface area (Å²) >= 11 is 0. The van der Waals surface area contributed by atoms with Gasteiger partial charge in [0.2, 0.25) is 0 Å². The number of aryl methyl sites for hydroxylation is 4. The minimum Gasteiger partial charge on any atom is -0.305 e. The third kappa shape index (κ3) is 22.1. The molecule has 730 valence electrons. The van der Waals surface area contributed by atoms with Crippen LogP contribution in [0.15, 0.2) is 182 Å². The van der Waals surface area contributed by atoms with Gasteiger partial charge in [-0.3, -0.25) is 0 Å². The first-order valence-electron chi connectivity index (χ1n) is 54.4. The molecule has 18 rings (SSSR count). The van der Waals surface area contributed by atoms with Gasteiger partial charge in [-0.25, -0.2) is 29.9 Å². The summed E-state index contributed by atoms with van der Waals surface area (Å²) in [5.74, 6) is 5.73. The third-order valence-corrected chi connectivity index (χ3v) is 33.5. The van der Waals surface area contributed by atoms with E-state index in [1.165, 1.54) is 316 Å². The Labute approximate surface area is 858 Å². The van der Waals surface area contributed by atoms with Crippen molar-refractivity contribution in [2.24, 2.45) is 11.8 Å². The summed E-state index contributed by atoms with van der Waals surface area (Å²) in [6.07, 6.45) is 57.6. The fourth-order valence-electron chi connectivity index (χ4n) is 26.0. The molecular formula is C128H158Ir2N8-2. The Balaban J connectivity index is 0.000000207. The van der Waals surface area contributed by atoms with E-state index >= 15 is 0 Å². The predicted molar refractivity (Wildman–Crippen MR) is 572 cm³/mol. The van der Waals surface area contributed by atoms with Crippen molar-refractivity contribution in [3.05, 3.63) is 261 Å². The van der Waals surface area contributed by atoms with Crippen molar-refractivity contribution in [1.29, 1.82) is 0 Å². The van der Waals surface area contributed by atoms with Crippen LogP contribution in [0.1, 0.15) is 394 Å². The number of hydrogen-bond donors (Lipinski definition) is 0. The fraction of sp³-hybridized carbons (Fsp3) is 0.500. The molecule has 4 saturated carbocycles. The largest absolute Gasteiger partial charge is 0.305 e. The molecule has 0 amide bonds. The molecule has 2 unspecified atom stereocenters. The van der Waals surface area contributed by atoms with Crippen molar-refractivity contribution >= 4 is 0 Å². The Bertz CT molecular complexity index is 5790. The van der Waals surface area contributed by atoms with E-state index in [1.54, 1.807) is 16.7 Å². The molecule has 4 aromatic heterocycles. The van der Waals surface area contributed by atoms with Crippen LogP contribution >= 0.6 is 0 Å². The Morgan fingerprint density at radius 2 is 0.638 bits per heavy atom. The van der Waals surface area contributed by atoms with Crippen LogP contribution in [0.5, 0.6) is 0 Å². The Morgan fingerprint density at radius 1 is 0.304 bits per heavy atom. The van der Waals surface area contributed by atoms with Crippen molar-refractivity contribution in [2.75, 3.05) is 0 Å². The summed E-state index contributed by atoms with van der Waals surface area (Å²) < 4.78 is 0. The van der Waals surface area contributed by atoms with E-state index < -0.39 is 0 Å². The molecule has 8 aromatic carbocycles. The number of aromatic nitrogens is 8. The summed E-state index contributed by atoms with van der Waals surface area (Å²) in [6.45, 7) is 32.1. The van der Waals surface area contributed by atoms with Crippen LogP contribution < -0.4 is 0 Å². The SMILES string of the molecule is CCCCCCCC1CC23CC(CCCCCCC)CC2(C1)c1cc(-c2cc(-c4nc(-c5ccc(C(C)(C)C)cc5)nc(-c5ccc(C(C)(C)C)cc5)n4)ccn2)[c-]cc1-c1ccccc13.CCCCCCc1cc(-c2nc(-c3ccc(-c4[c-]cc5c(c4)C46CCCC4(CCC6)c4ccccc4-5)nc3)nc(-c3cc(CCCCCC)c(C)c(CCCCCC)c3)n2)cc(CCCCCC)c1C.[Ir].[Ir]. The fourth-order valence-corrected chi connectivity index (χ4v) is 26.0. The van der Waals surface area contributed by atoms with E-state index in [0.717, 1.165) is 105 Å². The first-order valence-corrected chi connectivity index (χ1v) is 54.4. The maximum absolute atomic E-state index is 5.49. The zero-order valence-electron chi connectivity index (χ0n) is 86.4. The topological polar surface area (TPSA) is 103 Å². The molecule has 8 nitrogen and oxygen atoms in total. The molecular weight excluding hydrogens is 2030 g/mol. The minimum absolute atomic E-state index is 0. The molecule has 0 bridgehead atoms. The summed E-state index contributed by atoms with van der Waals surface area (Å²) in [6, 6.07) is 71.8. The molecule has 4 heterocycles. The minimum atomic E-state index is 0. The van der Waals surface area contributed by atoms with E-state index in [0.29, 0.717) is 23.3 Å². The van der Waals surface area contributed by atoms with E-state index in [9.17, 15) is 0 Å². The Morgan fingerprint density at radius 3 is 1.03 bits per heavy atom. The summed E-state index contributed by atoms with van der Waals surface area (Å²) in [7, 11) is 0. The van der Waals surface area contributed by atoms with E-state index in [4.69, 9.17) is 39.9 Å². The maximum Gasteiger partial charge on any atom is 0.165 e. The standard InChI is InChI=1S/C66H83N4.C62H75N4.2Ir/c1-7-11-15-19-27-49-41-55(42-50(47(49)5)28-20-16-12-8-2)63-68-62(69-64(70-63)56-43-51(29-21-17-13-9-3)48(6)52(44-56)30-22-18-14-10-4)54-34-36-61(67-46-54)53-33-35-58-57-31-23-24-32-59(57)65-37-25-39-66(65,40-26-38-65)60(58)45-53;1-9-11-13-15-17-21-43-39-61-40-44(22-18-16-14-12-10-2)42-62(61,41-43)54-37-47(29-34-52(54)51-23-19-20-24-53(51)61)55-38-48(35-36-63-55)58-65-56(45-25-30-49(31-26-45)59(3,4)5)64-57(66-58)46-27-32-50(33-28-46)60(6,7)8;;/h23-24,31-32,34-36,41-46H,7-22,25-30,37-40H2,1-6H3;19-20,23-28,30-38,43-44H,9-18,21-22,39-42H2,1-8H3;;/q2*-1;;. The average Bonchev–Trinajstić information content (AvgIpc) is 1.51. The van der Waals surface area contributed by atoms with Gasteiger partial charge in [-0.2, -0.15) is 0 Å². The summed E-state index contributed by atoms with van der Waals surface area (Å²) in [5, 5.41) is 0. The molecule has 0 spiro atoms. The van der Waals surface area contributed by atoms with Gasteiger partial charge < -0.3 is 9.97 Å². The van der Waals surface area contributed by atoms with Crippen LogP contribution in [-0.4, -0.2) is 39.9 Å². The van der Waals surface area contributed by atoms with Crippen LogP contribution in [0.2, 0.25) is 0 Å². The van der Waals surface area contributed by atoms with Gasteiger partial charge in [-0.05, 0) is 247 Å². The average molecular weight is 2190 g/mol. The van der Waals surface area contributed by atoms with Gasteiger partial charge in [0.1, 0.15) is 0 Å². The maximum atomic E-state index is 5.49. The number of fused-ring (bicyclic) bond motifs is 6. The van der Waals surface area contributed by atoms with Gasteiger partial charge in [-0.15, -0.1) is 58.7 Å². The molecule has 0 saturated heterocycles. The summed E-state index contributed by atoms with van der Waals surface area (Å²) in [4.78, 5) is 42.2. The molecule has 0 aliphatic heterocycles. The molecule has 12 aromatic rings. The zero-order chi connectivity index (χ0) is 94.6. The Hall–Kier alpha value is -8.62. The summed E-state index contributed by atoms with van der Waals surface area (Å²) in [5.41, 5.74) is 34.2. The van der Waals surface area contributed by atoms with Gasteiger partial charge in [0, 0.05) is 96.8 Å². The second-order valence-electron chi connectivity index (χ2n) is 44.6. The van der Waals surface area contributed by atoms with Crippen molar-refractivity contribution in [3.63, 3.8) is 0 Å². The van der Waals surface area contributed by atoms with Crippen LogP contribution in [0, 0.1) is 37.8 Å². The first kappa shape index (κ1) is 104. The molecule has 138 heavy (non-hydrogen) atoms. The van der Waals surface area contributed by atoms with Gasteiger partial charge in [0.15, 0.2) is 34.9 Å². The number of nitrogens with zero attached hydrogens (tertiary/aromatic N) is 8. The number of rotatable bonds is 40. The first-order chi connectivity index (χ1) is 66.1. The number of benzene rings is 8. The second-order valence-corrected chi connectivity index (χ2v) is 44.6. The number of hydrogen-bond acceptors (Lipinski definition) is 8.